The smallest absolute Gasteiger partial charge is 0.369 e. The Morgan fingerprint density at radius 2 is 1.47 bits per heavy atom. The lowest BCUT2D eigenvalue weighted by molar-refractivity contribution is -0.350. The van der Waals surface area contributed by atoms with Gasteiger partial charge in [0.1, 0.15) is 0 Å². The third-order valence-electron chi connectivity index (χ3n) is 1.70. The lowest BCUT2D eigenvalue weighted by Crippen LogP contribution is -2.57. The molecule has 0 radical (unpaired) electrons. The van der Waals surface area contributed by atoms with E-state index in [9.17, 15) is 26.3 Å². The first-order chi connectivity index (χ1) is 6.61. The van der Waals surface area contributed by atoms with E-state index in [2.05, 4.69) is 0 Å². The number of hydrogen-bond acceptors (Lipinski definition) is 1. The molecule has 0 bridgehead atoms. The molecule has 0 amide bonds. The second-order valence-electron chi connectivity index (χ2n) is 2.66. The second-order valence-corrected chi connectivity index (χ2v) is 2.66. The van der Waals surface area contributed by atoms with Gasteiger partial charge in [-0.05, 0) is 5.73 Å². The fraction of sp³-hybridized carbons (Fsp3) is 0.375. The van der Waals surface area contributed by atoms with Crippen LogP contribution in [0.15, 0.2) is 28.8 Å². The summed E-state index contributed by atoms with van der Waals surface area (Å²) in [5.41, 5.74) is -1.26. The highest BCUT2D eigenvalue weighted by Gasteiger charge is 2.72. The Hall–Kier alpha value is -1.38. The minimum atomic E-state index is -5.88. The first-order valence-electron chi connectivity index (χ1n) is 3.43. The van der Waals surface area contributed by atoms with Crippen LogP contribution in [-0.4, -0.2) is 23.1 Å². The standard InChI is InChI=1S/C8H2F6O/c9-7(10,11)6(15,8(12,13)14)5-3-1-2-4-5/h3,15H. The molecule has 0 saturated carbocycles. The summed E-state index contributed by atoms with van der Waals surface area (Å²) in [7, 11) is 0. The lowest BCUT2D eigenvalue weighted by atomic mass is 9.93. The minimum absolute atomic E-state index is 0.334. The highest BCUT2D eigenvalue weighted by molar-refractivity contribution is 5.35. The molecule has 0 aromatic heterocycles. The largest absolute Gasteiger partial charge is 0.431 e. The number of aliphatic hydroxyl groups is 1. The molecule has 0 aliphatic heterocycles. The zero-order chi connectivity index (χ0) is 11.9. The predicted molar refractivity (Wildman–Crippen MR) is 35.7 cm³/mol. The van der Waals surface area contributed by atoms with Gasteiger partial charge in [0.15, 0.2) is 0 Å². The molecule has 82 valence electrons. The fourth-order valence-corrected chi connectivity index (χ4v) is 0.909. The third kappa shape index (κ3) is 1.62. The van der Waals surface area contributed by atoms with Gasteiger partial charge in [0.2, 0.25) is 0 Å². The molecule has 0 unspecified atom stereocenters. The second kappa shape index (κ2) is 3.05. The fourth-order valence-electron chi connectivity index (χ4n) is 0.909. The zero-order valence-corrected chi connectivity index (χ0v) is 6.79. The Morgan fingerprint density at radius 3 is 1.73 bits per heavy atom. The van der Waals surface area contributed by atoms with E-state index in [0.29, 0.717) is 6.08 Å². The molecule has 0 aromatic carbocycles. The maximum atomic E-state index is 12.1. The van der Waals surface area contributed by atoms with Gasteiger partial charge in [-0.3, -0.25) is 0 Å². The van der Waals surface area contributed by atoms with Crippen LogP contribution in [0.5, 0.6) is 0 Å². The highest BCUT2D eigenvalue weighted by atomic mass is 19.4. The summed E-state index contributed by atoms with van der Waals surface area (Å²) in [4.78, 5) is 0. The van der Waals surface area contributed by atoms with E-state index in [1.165, 1.54) is 5.73 Å². The Balaban J connectivity index is 3.34. The average molecular weight is 228 g/mol. The Labute approximate surface area is 79.3 Å². The van der Waals surface area contributed by atoms with Gasteiger partial charge in [0.05, 0.1) is 5.57 Å². The van der Waals surface area contributed by atoms with Gasteiger partial charge in [-0.2, -0.15) is 26.3 Å². The average Bonchev–Trinajstić information content (AvgIpc) is 2.49. The van der Waals surface area contributed by atoms with Crippen LogP contribution in [0.1, 0.15) is 0 Å². The predicted octanol–water partition coefficient (Wildman–Crippen LogP) is 2.25. The van der Waals surface area contributed by atoms with Crippen LogP contribution >= 0.6 is 0 Å². The van der Waals surface area contributed by atoms with Crippen molar-refractivity contribution in [2.24, 2.45) is 0 Å². The van der Waals surface area contributed by atoms with Crippen molar-refractivity contribution in [1.29, 1.82) is 0 Å². The molecule has 15 heavy (non-hydrogen) atoms. The summed E-state index contributed by atoms with van der Waals surface area (Å²) in [5, 5.41) is 8.72. The molecule has 1 nitrogen and oxygen atoms in total. The van der Waals surface area contributed by atoms with Crippen LogP contribution in [0.4, 0.5) is 26.3 Å². The van der Waals surface area contributed by atoms with Crippen molar-refractivity contribution in [2.45, 2.75) is 18.0 Å². The molecule has 0 heterocycles. The summed E-state index contributed by atoms with van der Waals surface area (Å²) in [6.07, 6.45) is -11.4. The van der Waals surface area contributed by atoms with Gasteiger partial charge in [-0.25, -0.2) is 0 Å². The van der Waals surface area contributed by atoms with Gasteiger partial charge in [-0.15, -0.1) is 0 Å². The van der Waals surface area contributed by atoms with Gasteiger partial charge < -0.3 is 5.11 Å². The van der Waals surface area contributed by atoms with Crippen LogP contribution in [-0.2, 0) is 0 Å². The summed E-state index contributed by atoms with van der Waals surface area (Å²) >= 11 is 0. The van der Waals surface area contributed by atoms with E-state index >= 15 is 0 Å². The molecule has 7 heteroatoms. The van der Waals surface area contributed by atoms with E-state index in [4.69, 9.17) is 5.11 Å². The van der Waals surface area contributed by atoms with Crippen molar-refractivity contribution < 1.29 is 31.4 Å². The lowest BCUT2D eigenvalue weighted by Gasteiger charge is -2.31. The van der Waals surface area contributed by atoms with Gasteiger partial charge in [0.25, 0.3) is 5.60 Å². The van der Waals surface area contributed by atoms with Crippen LogP contribution < -0.4 is 0 Å². The van der Waals surface area contributed by atoms with E-state index in [0.717, 1.165) is 0 Å². The zero-order valence-electron chi connectivity index (χ0n) is 6.79. The number of alkyl halides is 6. The molecule has 0 atom stereocenters. The van der Waals surface area contributed by atoms with Crippen molar-refractivity contribution >= 4 is 0 Å². The third-order valence-corrected chi connectivity index (χ3v) is 1.70. The van der Waals surface area contributed by atoms with Crippen molar-refractivity contribution in [1.82, 2.24) is 0 Å². The summed E-state index contributed by atoms with van der Waals surface area (Å²) in [5.74, 6) is 0. The van der Waals surface area contributed by atoms with E-state index in [1.54, 1.807) is 5.73 Å². The van der Waals surface area contributed by atoms with Crippen molar-refractivity contribution in [2.75, 3.05) is 0 Å². The first-order valence-corrected chi connectivity index (χ1v) is 3.43. The minimum Gasteiger partial charge on any atom is -0.369 e. The molecule has 1 N–H and O–H groups in total. The molecule has 1 aliphatic carbocycles. The monoisotopic (exact) mass is 228 g/mol. The van der Waals surface area contributed by atoms with Gasteiger partial charge in [0, 0.05) is 6.08 Å². The molecular weight excluding hydrogens is 226 g/mol. The molecule has 1 aliphatic rings. The maximum Gasteiger partial charge on any atom is 0.431 e. The van der Waals surface area contributed by atoms with Crippen molar-refractivity contribution in [3.05, 3.63) is 28.8 Å². The molecule has 1 rings (SSSR count). The summed E-state index contributed by atoms with van der Waals surface area (Å²) in [6.45, 7) is 0. The van der Waals surface area contributed by atoms with Crippen LogP contribution in [0.3, 0.4) is 0 Å². The van der Waals surface area contributed by atoms with E-state index < -0.39 is 23.5 Å². The number of hydrogen-bond donors (Lipinski definition) is 1. The normalized spacial score (nSPS) is 16.1. The van der Waals surface area contributed by atoms with Crippen molar-refractivity contribution in [3.8, 4) is 0 Å². The number of rotatable bonds is 1. The van der Waals surface area contributed by atoms with Gasteiger partial charge >= 0.3 is 12.4 Å². The Morgan fingerprint density at radius 1 is 1.00 bits per heavy atom. The molecule has 0 spiro atoms. The van der Waals surface area contributed by atoms with E-state index in [-0.39, 0.29) is 0 Å². The number of halogens is 6. The molecule has 0 fully saturated rings. The first kappa shape index (κ1) is 11.7. The SMILES string of the molecule is OC(C1=C=C=C=C1)(C(F)(F)F)C(F)(F)F. The summed E-state index contributed by atoms with van der Waals surface area (Å²) < 4.78 is 72.9. The van der Waals surface area contributed by atoms with Crippen LogP contribution in [0.25, 0.3) is 0 Å². The molecule has 0 saturated heterocycles. The van der Waals surface area contributed by atoms with E-state index in [1.807, 2.05) is 5.73 Å². The van der Waals surface area contributed by atoms with Gasteiger partial charge in [-0.1, -0.05) is 11.5 Å². The van der Waals surface area contributed by atoms with Crippen LogP contribution in [0, 0.1) is 0 Å². The van der Waals surface area contributed by atoms with Crippen molar-refractivity contribution in [3.63, 3.8) is 0 Å². The maximum absolute atomic E-state index is 12.1. The Bertz CT molecular complexity index is 393. The summed E-state index contributed by atoms with van der Waals surface area (Å²) in [6, 6.07) is 0. The Kier molecular flexibility index (Phi) is 2.38. The molecule has 0 aromatic rings. The molecular formula is C8H2F6O. The topological polar surface area (TPSA) is 20.2 Å². The van der Waals surface area contributed by atoms with Crippen LogP contribution in [0.2, 0.25) is 0 Å². The quantitative estimate of drug-likeness (QED) is 0.539. The highest BCUT2D eigenvalue weighted by Crippen LogP contribution is 2.47.